The molecule has 0 atom stereocenters. The van der Waals surface area contributed by atoms with Crippen molar-refractivity contribution in [1.82, 2.24) is 14.5 Å². The van der Waals surface area contributed by atoms with Gasteiger partial charge in [0.05, 0.1) is 12.2 Å². The molecule has 122 valence electrons. The number of hydrogen-bond donors (Lipinski definition) is 1. The number of anilines is 1. The summed E-state index contributed by atoms with van der Waals surface area (Å²) in [5, 5.41) is 1.37. The average molecular weight is 321 g/mol. The van der Waals surface area contributed by atoms with Gasteiger partial charge in [-0.3, -0.25) is 9.58 Å². The van der Waals surface area contributed by atoms with Gasteiger partial charge in [0.25, 0.3) is 0 Å². The highest BCUT2D eigenvalue weighted by molar-refractivity contribution is 5.46. The Morgan fingerprint density at radius 3 is 2.33 bits per heavy atom. The van der Waals surface area contributed by atoms with E-state index in [1.54, 1.807) is 0 Å². The minimum Gasteiger partial charge on any atom is -0.274 e. The Balaban J connectivity index is 1.92. The van der Waals surface area contributed by atoms with Crippen LogP contribution in [0.15, 0.2) is 59.7 Å². The van der Waals surface area contributed by atoms with Gasteiger partial charge in [0, 0.05) is 0 Å². The van der Waals surface area contributed by atoms with Crippen molar-refractivity contribution in [3.63, 3.8) is 0 Å². The molecule has 0 radical (unpaired) electrons. The van der Waals surface area contributed by atoms with Gasteiger partial charge in [-0.2, -0.15) is 4.98 Å². The molecule has 1 aromatic heterocycles. The van der Waals surface area contributed by atoms with E-state index in [1.165, 1.54) is 15.9 Å². The van der Waals surface area contributed by atoms with E-state index in [4.69, 9.17) is 5.84 Å². The highest BCUT2D eigenvalue weighted by Gasteiger charge is 2.12. The summed E-state index contributed by atoms with van der Waals surface area (Å²) in [5.41, 5.74) is 3.40. The molecule has 0 fully saturated rings. The molecule has 2 N–H and O–H groups in total. The van der Waals surface area contributed by atoms with E-state index in [9.17, 15) is 4.79 Å². The quantitative estimate of drug-likeness (QED) is 0.588. The van der Waals surface area contributed by atoms with Crippen molar-refractivity contribution in [3.8, 4) is 5.69 Å². The molecule has 0 aliphatic rings. The van der Waals surface area contributed by atoms with Gasteiger partial charge in [0.1, 0.15) is 6.33 Å². The van der Waals surface area contributed by atoms with Crippen molar-refractivity contribution in [3.05, 3.63) is 82.0 Å². The van der Waals surface area contributed by atoms with Crippen LogP contribution in [0.1, 0.15) is 16.7 Å². The van der Waals surface area contributed by atoms with Gasteiger partial charge in [-0.1, -0.05) is 48.5 Å². The van der Waals surface area contributed by atoms with Crippen LogP contribution in [0.3, 0.4) is 0 Å². The fourth-order valence-corrected chi connectivity index (χ4v) is 2.66. The molecular weight excluding hydrogens is 302 g/mol. The minimum absolute atomic E-state index is 0.200. The lowest BCUT2D eigenvalue weighted by Crippen LogP contribution is -2.35. The van der Waals surface area contributed by atoms with Gasteiger partial charge in [0.2, 0.25) is 5.95 Å². The summed E-state index contributed by atoms with van der Waals surface area (Å²) >= 11 is 0. The molecule has 0 saturated carbocycles. The molecular formula is C18H19N5O. The normalized spacial score (nSPS) is 10.6. The van der Waals surface area contributed by atoms with E-state index >= 15 is 0 Å². The molecule has 0 spiro atoms. The van der Waals surface area contributed by atoms with Crippen LogP contribution in [0.2, 0.25) is 0 Å². The fraction of sp³-hybridized carbons (Fsp3) is 0.167. The molecule has 3 rings (SSSR count). The first-order valence-electron chi connectivity index (χ1n) is 7.64. The number of nitrogens with two attached hydrogens (primary N) is 1. The number of aromatic nitrogens is 3. The highest BCUT2D eigenvalue weighted by Crippen LogP contribution is 2.16. The van der Waals surface area contributed by atoms with Crippen LogP contribution in [0.5, 0.6) is 0 Å². The molecule has 0 amide bonds. The van der Waals surface area contributed by atoms with Crippen molar-refractivity contribution in [2.45, 2.75) is 20.4 Å². The Morgan fingerprint density at radius 2 is 1.71 bits per heavy atom. The SMILES string of the molecule is Cc1cccc(C)c1-n1cnc(N(N)Cc2ccccc2)nc1=O. The minimum atomic E-state index is -0.402. The first kappa shape index (κ1) is 15.9. The zero-order chi connectivity index (χ0) is 17.1. The van der Waals surface area contributed by atoms with E-state index < -0.39 is 5.69 Å². The molecule has 0 saturated heterocycles. The van der Waals surface area contributed by atoms with Crippen LogP contribution < -0.4 is 16.5 Å². The van der Waals surface area contributed by atoms with Crippen LogP contribution in [0.4, 0.5) is 5.95 Å². The molecule has 6 heteroatoms. The third-order valence-corrected chi connectivity index (χ3v) is 3.82. The average Bonchev–Trinajstić information content (AvgIpc) is 2.57. The number of hydrazine groups is 1. The molecule has 6 nitrogen and oxygen atoms in total. The summed E-state index contributed by atoms with van der Waals surface area (Å²) in [6.07, 6.45) is 1.48. The summed E-state index contributed by atoms with van der Waals surface area (Å²) in [4.78, 5) is 20.7. The lowest BCUT2D eigenvalue weighted by atomic mass is 10.1. The second-order valence-corrected chi connectivity index (χ2v) is 5.66. The van der Waals surface area contributed by atoms with E-state index in [1.807, 2.05) is 62.4 Å². The number of hydrogen-bond acceptors (Lipinski definition) is 5. The first-order valence-corrected chi connectivity index (χ1v) is 7.64. The lowest BCUT2D eigenvalue weighted by molar-refractivity contribution is 0.762. The molecule has 3 aromatic rings. The number of nitrogens with zero attached hydrogens (tertiary/aromatic N) is 4. The van der Waals surface area contributed by atoms with Crippen LogP contribution >= 0.6 is 0 Å². The summed E-state index contributed by atoms with van der Waals surface area (Å²) in [7, 11) is 0. The van der Waals surface area contributed by atoms with E-state index in [0.717, 1.165) is 22.4 Å². The summed E-state index contributed by atoms with van der Waals surface area (Å²) in [5.74, 6) is 6.20. The Hall–Kier alpha value is -2.99. The van der Waals surface area contributed by atoms with Crippen LogP contribution in [-0.2, 0) is 6.54 Å². The smallest absolute Gasteiger partial charge is 0.274 e. The zero-order valence-corrected chi connectivity index (χ0v) is 13.7. The van der Waals surface area contributed by atoms with Gasteiger partial charge < -0.3 is 0 Å². The maximum Gasteiger partial charge on any atom is 0.356 e. The fourth-order valence-electron chi connectivity index (χ4n) is 2.66. The molecule has 0 unspecified atom stereocenters. The molecule has 2 aromatic carbocycles. The van der Waals surface area contributed by atoms with Crippen molar-refractivity contribution in [2.75, 3.05) is 5.01 Å². The van der Waals surface area contributed by atoms with Crippen molar-refractivity contribution in [1.29, 1.82) is 0 Å². The Bertz CT molecular complexity index is 885. The first-order chi connectivity index (χ1) is 11.6. The van der Waals surface area contributed by atoms with E-state index in [0.29, 0.717) is 6.54 Å². The summed E-state index contributed by atoms with van der Waals surface area (Å²) < 4.78 is 1.45. The van der Waals surface area contributed by atoms with Gasteiger partial charge in [-0.15, -0.1) is 0 Å². The van der Waals surface area contributed by atoms with Gasteiger partial charge in [-0.25, -0.2) is 15.6 Å². The third-order valence-electron chi connectivity index (χ3n) is 3.82. The standard InChI is InChI=1S/C18H19N5O/c1-13-7-6-8-14(2)16(13)22-12-20-17(21-18(22)24)23(19)11-15-9-4-3-5-10-15/h3-10,12H,11,19H2,1-2H3. The Morgan fingerprint density at radius 1 is 1.04 bits per heavy atom. The van der Waals surface area contributed by atoms with Crippen molar-refractivity contribution >= 4 is 5.95 Å². The van der Waals surface area contributed by atoms with Crippen molar-refractivity contribution < 1.29 is 0 Å². The number of aryl methyl sites for hydroxylation is 2. The lowest BCUT2D eigenvalue weighted by Gasteiger charge is -2.17. The monoisotopic (exact) mass is 321 g/mol. The third kappa shape index (κ3) is 3.18. The van der Waals surface area contributed by atoms with Crippen molar-refractivity contribution in [2.24, 2.45) is 5.84 Å². The molecule has 24 heavy (non-hydrogen) atoms. The maximum absolute atomic E-state index is 12.4. The van der Waals surface area contributed by atoms with Gasteiger partial charge in [0.15, 0.2) is 0 Å². The van der Waals surface area contributed by atoms with E-state index in [2.05, 4.69) is 9.97 Å². The number of rotatable bonds is 4. The second-order valence-electron chi connectivity index (χ2n) is 5.66. The van der Waals surface area contributed by atoms with Gasteiger partial charge in [-0.05, 0) is 30.5 Å². The topological polar surface area (TPSA) is 77.0 Å². The van der Waals surface area contributed by atoms with Crippen LogP contribution in [0, 0.1) is 13.8 Å². The van der Waals surface area contributed by atoms with Crippen LogP contribution in [-0.4, -0.2) is 14.5 Å². The zero-order valence-electron chi connectivity index (χ0n) is 13.7. The predicted octanol–water partition coefficient (Wildman–Crippen LogP) is 2.12. The largest absolute Gasteiger partial charge is 0.356 e. The predicted molar refractivity (Wildman–Crippen MR) is 93.9 cm³/mol. The maximum atomic E-state index is 12.4. The molecule has 0 aliphatic heterocycles. The Labute approximate surface area is 140 Å². The molecule has 0 aliphatic carbocycles. The Kier molecular flexibility index (Phi) is 4.39. The van der Waals surface area contributed by atoms with Crippen LogP contribution in [0.25, 0.3) is 5.69 Å². The van der Waals surface area contributed by atoms with E-state index in [-0.39, 0.29) is 5.95 Å². The molecule has 1 heterocycles. The number of benzene rings is 2. The summed E-state index contributed by atoms with van der Waals surface area (Å²) in [6.45, 7) is 4.33. The molecule has 0 bridgehead atoms. The second kappa shape index (κ2) is 6.64. The van der Waals surface area contributed by atoms with Gasteiger partial charge >= 0.3 is 5.69 Å². The number of para-hydroxylation sites is 1. The highest BCUT2D eigenvalue weighted by atomic mass is 16.1. The summed E-state index contributed by atoms with van der Waals surface area (Å²) in [6, 6.07) is 15.6.